The molecule has 12 rings (SSSR count). The predicted octanol–water partition coefficient (Wildman–Crippen LogP) is 15.8. The van der Waals surface area contributed by atoms with Crippen LogP contribution < -0.4 is 4.90 Å². The van der Waals surface area contributed by atoms with Crippen LogP contribution in [0.2, 0.25) is 0 Å². The first-order valence-electron chi connectivity index (χ1n) is 20.4. The van der Waals surface area contributed by atoms with Gasteiger partial charge in [-0.25, -0.2) is 0 Å². The normalized spacial score (nSPS) is 15.6. The highest BCUT2D eigenvalue weighted by Crippen LogP contribution is 2.46. The summed E-state index contributed by atoms with van der Waals surface area (Å²) in [5.41, 5.74) is 13.3. The second kappa shape index (κ2) is 13.7. The number of nitrogens with zero attached hydrogens (tertiary/aromatic N) is 2. The molecule has 2 unspecified atom stereocenters. The minimum Gasteiger partial charge on any atom is -0.312 e. The molecule has 10 aromatic rings. The second-order valence-electron chi connectivity index (χ2n) is 15.7. The third kappa shape index (κ3) is 5.61. The largest absolute Gasteiger partial charge is 0.312 e. The minimum absolute atomic E-state index is 0.277. The highest BCUT2D eigenvalue weighted by atomic mass is 32.1. The molecule has 59 heavy (non-hydrogen) atoms. The number of fused-ring (bicyclic) bond motifs is 9. The van der Waals surface area contributed by atoms with E-state index in [9.17, 15) is 0 Å². The Labute approximate surface area is 347 Å². The number of allylic oxidation sites excluding steroid dienone is 5. The van der Waals surface area contributed by atoms with Gasteiger partial charge in [0.05, 0.1) is 11.2 Å². The molecular weight excluding hydrogens is 733 g/mol. The summed E-state index contributed by atoms with van der Waals surface area (Å²) in [6.45, 7) is 0. The number of anilines is 3. The number of aromatic nitrogens is 1. The Morgan fingerprint density at radius 1 is 0.458 bits per heavy atom. The predicted molar refractivity (Wildman–Crippen MR) is 253 cm³/mol. The molecule has 0 saturated carbocycles. The van der Waals surface area contributed by atoms with E-state index in [0.29, 0.717) is 5.92 Å². The molecule has 2 aromatic heterocycles. The van der Waals surface area contributed by atoms with Crippen LogP contribution in [0.5, 0.6) is 0 Å². The Hall–Kier alpha value is -7.20. The lowest BCUT2D eigenvalue weighted by atomic mass is 9.80. The number of para-hydroxylation sites is 2. The van der Waals surface area contributed by atoms with E-state index in [0.717, 1.165) is 17.1 Å². The molecule has 2 nitrogen and oxygen atoms in total. The van der Waals surface area contributed by atoms with Gasteiger partial charge in [0.2, 0.25) is 0 Å². The standard InChI is InChI=1S/C56H38N2S/c1-2-14-40-34-42(25-24-37(40)12-1)41-15-11-16-44(35-41)57(45-31-33-55-51(36-45)49-20-7-10-23-54(49)59-55)43-29-26-39(27-30-43)46-17-5-8-21-52(46)58-53-22-9-6-19-48(53)50-32-28-38-13-3-4-18-47(38)56(50)58/h1-36,38,47H. The van der Waals surface area contributed by atoms with Crippen molar-refractivity contribution in [3.63, 3.8) is 0 Å². The summed E-state index contributed by atoms with van der Waals surface area (Å²) >= 11 is 1.86. The maximum absolute atomic E-state index is 2.53. The molecule has 0 aliphatic heterocycles. The average molecular weight is 771 g/mol. The van der Waals surface area contributed by atoms with Gasteiger partial charge in [0.1, 0.15) is 0 Å². The van der Waals surface area contributed by atoms with E-state index in [2.05, 4.69) is 228 Å². The van der Waals surface area contributed by atoms with E-state index < -0.39 is 0 Å². The first kappa shape index (κ1) is 33.9. The molecule has 0 amide bonds. The molecule has 0 fully saturated rings. The van der Waals surface area contributed by atoms with Crippen molar-refractivity contribution in [1.29, 1.82) is 0 Å². The number of rotatable bonds is 6. The van der Waals surface area contributed by atoms with Crippen LogP contribution in [0, 0.1) is 5.92 Å². The number of thiophene rings is 1. The molecule has 0 N–H and O–H groups in total. The Kier molecular flexibility index (Phi) is 7.89. The quantitative estimate of drug-likeness (QED) is 0.163. The average Bonchev–Trinajstić information content (AvgIpc) is 3.85. The van der Waals surface area contributed by atoms with Gasteiger partial charge in [0.15, 0.2) is 0 Å². The fourth-order valence-electron chi connectivity index (χ4n) is 9.53. The Morgan fingerprint density at radius 3 is 2.10 bits per heavy atom. The molecular formula is C56H38N2S. The minimum atomic E-state index is 0.277. The topological polar surface area (TPSA) is 8.17 Å². The summed E-state index contributed by atoms with van der Waals surface area (Å²) in [5, 5.41) is 6.37. The number of benzene rings is 8. The molecule has 2 atom stereocenters. The van der Waals surface area contributed by atoms with Crippen molar-refractivity contribution in [2.24, 2.45) is 5.92 Å². The maximum atomic E-state index is 2.53. The van der Waals surface area contributed by atoms with Crippen LogP contribution in [0.1, 0.15) is 17.2 Å². The number of hydrogen-bond donors (Lipinski definition) is 0. The molecule has 0 bridgehead atoms. The smallest absolute Gasteiger partial charge is 0.0538 e. The lowest BCUT2D eigenvalue weighted by Crippen LogP contribution is -2.17. The molecule has 0 radical (unpaired) electrons. The van der Waals surface area contributed by atoms with E-state index in [4.69, 9.17) is 0 Å². The zero-order chi connectivity index (χ0) is 38.9. The van der Waals surface area contributed by atoms with Gasteiger partial charge in [0, 0.05) is 71.3 Å². The van der Waals surface area contributed by atoms with Crippen molar-refractivity contribution in [3.05, 3.63) is 224 Å². The van der Waals surface area contributed by atoms with E-state index in [1.165, 1.54) is 81.0 Å². The number of hydrogen-bond acceptors (Lipinski definition) is 2. The van der Waals surface area contributed by atoms with Gasteiger partial charge in [0.25, 0.3) is 0 Å². The van der Waals surface area contributed by atoms with E-state index >= 15 is 0 Å². The van der Waals surface area contributed by atoms with Crippen LogP contribution in [-0.2, 0) is 0 Å². The molecule has 3 heteroatoms. The zero-order valence-electron chi connectivity index (χ0n) is 32.2. The lowest BCUT2D eigenvalue weighted by molar-refractivity contribution is 0.661. The van der Waals surface area contributed by atoms with Crippen LogP contribution in [0.25, 0.3) is 75.9 Å². The summed E-state index contributed by atoms with van der Waals surface area (Å²) in [7, 11) is 0. The second-order valence-corrected chi connectivity index (χ2v) is 16.8. The summed E-state index contributed by atoms with van der Waals surface area (Å²) in [4.78, 5) is 2.41. The lowest BCUT2D eigenvalue weighted by Gasteiger charge is -2.28. The van der Waals surface area contributed by atoms with Crippen LogP contribution in [-0.4, -0.2) is 4.57 Å². The maximum Gasteiger partial charge on any atom is 0.0538 e. The van der Waals surface area contributed by atoms with Gasteiger partial charge in [-0.2, -0.15) is 0 Å². The molecule has 0 spiro atoms. The molecule has 2 aliphatic rings. The van der Waals surface area contributed by atoms with Crippen molar-refractivity contribution in [2.75, 3.05) is 4.90 Å². The Bertz CT molecular complexity index is 3360. The summed E-state index contributed by atoms with van der Waals surface area (Å²) < 4.78 is 5.14. The molecule has 2 heterocycles. The monoisotopic (exact) mass is 770 g/mol. The summed E-state index contributed by atoms with van der Waals surface area (Å²) in [5.74, 6) is 0.624. The van der Waals surface area contributed by atoms with E-state index in [-0.39, 0.29) is 5.92 Å². The van der Waals surface area contributed by atoms with E-state index in [1.54, 1.807) is 0 Å². The first-order chi connectivity index (χ1) is 29.2. The van der Waals surface area contributed by atoms with Crippen molar-refractivity contribution >= 4 is 76.3 Å². The van der Waals surface area contributed by atoms with Crippen LogP contribution >= 0.6 is 11.3 Å². The zero-order valence-corrected chi connectivity index (χ0v) is 33.1. The fourth-order valence-corrected chi connectivity index (χ4v) is 10.6. The summed E-state index contributed by atoms with van der Waals surface area (Å²) in [6, 6.07) is 67.0. The highest BCUT2D eigenvalue weighted by molar-refractivity contribution is 7.25. The van der Waals surface area contributed by atoms with Crippen molar-refractivity contribution in [2.45, 2.75) is 5.92 Å². The van der Waals surface area contributed by atoms with Crippen LogP contribution in [0.15, 0.2) is 212 Å². The molecule has 2 aliphatic carbocycles. The van der Waals surface area contributed by atoms with Gasteiger partial charge < -0.3 is 9.47 Å². The summed E-state index contributed by atoms with van der Waals surface area (Å²) in [6.07, 6.45) is 13.8. The molecule has 278 valence electrons. The van der Waals surface area contributed by atoms with Crippen molar-refractivity contribution in [3.8, 4) is 27.9 Å². The van der Waals surface area contributed by atoms with Gasteiger partial charge in [-0.1, -0.05) is 152 Å². The van der Waals surface area contributed by atoms with Crippen LogP contribution in [0.3, 0.4) is 0 Å². The van der Waals surface area contributed by atoms with Crippen molar-refractivity contribution < 1.29 is 0 Å². The van der Waals surface area contributed by atoms with Gasteiger partial charge in [-0.05, 0) is 94.2 Å². The van der Waals surface area contributed by atoms with Gasteiger partial charge >= 0.3 is 0 Å². The van der Waals surface area contributed by atoms with Gasteiger partial charge in [-0.15, -0.1) is 11.3 Å². The molecule has 8 aromatic carbocycles. The Morgan fingerprint density at radius 2 is 1.17 bits per heavy atom. The fraction of sp³-hybridized carbons (Fsp3) is 0.0357. The van der Waals surface area contributed by atoms with Crippen LogP contribution in [0.4, 0.5) is 17.1 Å². The third-order valence-electron chi connectivity index (χ3n) is 12.3. The highest BCUT2D eigenvalue weighted by Gasteiger charge is 2.31. The Balaban J connectivity index is 0.999. The third-order valence-corrected chi connectivity index (χ3v) is 13.5. The SMILES string of the molecule is C1=CC2C=Cc3c(n(-c4ccccc4-c4ccc(N(c5cccc(-c6ccc7ccccc7c6)c5)c5ccc6sc7ccccc7c6c5)cc4)c4ccccc34)C2C=C1. The first-order valence-corrected chi connectivity index (χ1v) is 21.2. The van der Waals surface area contributed by atoms with E-state index in [1.807, 2.05) is 11.3 Å². The van der Waals surface area contributed by atoms with Crippen molar-refractivity contribution in [1.82, 2.24) is 4.57 Å². The van der Waals surface area contributed by atoms with Gasteiger partial charge in [-0.3, -0.25) is 0 Å². The molecule has 0 saturated heterocycles.